The van der Waals surface area contributed by atoms with Gasteiger partial charge in [-0.1, -0.05) is 0 Å². The summed E-state index contributed by atoms with van der Waals surface area (Å²) in [6.07, 6.45) is 9.42. The van der Waals surface area contributed by atoms with Crippen LogP contribution in [0, 0.1) is 0 Å². The maximum atomic E-state index is 3.75. The number of benzene rings is 2. The number of hydrogen-bond acceptors (Lipinski definition) is 0. The van der Waals surface area contributed by atoms with Gasteiger partial charge in [0.05, 0.1) is 0 Å². The van der Waals surface area contributed by atoms with Crippen LogP contribution in [0.15, 0.2) is 60.7 Å². The molecule has 0 bridgehead atoms. The molecule has 0 nitrogen and oxygen atoms in total. The molecule has 0 aromatic heterocycles. The summed E-state index contributed by atoms with van der Waals surface area (Å²) in [6, 6.07) is 22.1. The first-order valence-corrected chi connectivity index (χ1v) is 16.8. The van der Waals surface area contributed by atoms with Crippen molar-refractivity contribution in [1.82, 2.24) is 0 Å². The second-order valence-corrected chi connectivity index (χ2v) is 23.9. The summed E-state index contributed by atoms with van der Waals surface area (Å²) < 4.78 is -0.903. The molecule has 2 aromatic carbocycles. The number of unbranched alkanes of at least 4 members (excludes halogenated alkanes) is 2. The Morgan fingerprint density at radius 1 is 0.792 bits per heavy atom. The van der Waals surface area contributed by atoms with Crippen molar-refractivity contribution in [3.63, 3.8) is 0 Å². The van der Waals surface area contributed by atoms with Crippen LogP contribution in [-0.4, -0.2) is 41.9 Å². The van der Waals surface area contributed by atoms with E-state index in [2.05, 4.69) is 82.7 Å². The Morgan fingerprint density at radius 2 is 1.29 bits per heavy atom. The van der Waals surface area contributed by atoms with E-state index in [1.165, 1.54) is 60.9 Å². The molecule has 0 aliphatic carbocycles. The van der Waals surface area contributed by atoms with Gasteiger partial charge in [-0.05, 0) is 0 Å². The fourth-order valence-electron chi connectivity index (χ4n) is 2.71. The van der Waals surface area contributed by atoms with Gasteiger partial charge in [-0.2, -0.15) is 0 Å². The van der Waals surface area contributed by atoms with Crippen molar-refractivity contribution < 1.29 is 0 Å². The minimum absolute atomic E-state index is 0.797. The van der Waals surface area contributed by atoms with E-state index in [9.17, 15) is 0 Å². The molecule has 0 saturated heterocycles. The Labute approximate surface area is 161 Å². The average Bonchev–Trinajstić information content (AvgIpc) is 2.64. The molecule has 0 fully saturated rings. The summed E-state index contributed by atoms with van der Waals surface area (Å²) in [6.45, 7) is 2.30. The van der Waals surface area contributed by atoms with Gasteiger partial charge in [-0.15, -0.1) is 0 Å². The zero-order valence-corrected chi connectivity index (χ0v) is 19.0. The van der Waals surface area contributed by atoms with Gasteiger partial charge in [0.2, 0.25) is 0 Å². The molecule has 0 unspecified atom stereocenters. The van der Waals surface area contributed by atoms with Crippen LogP contribution in [0.1, 0.15) is 37.3 Å². The predicted octanol–water partition coefficient (Wildman–Crippen LogP) is 5.80. The molecule has 0 saturated carbocycles. The van der Waals surface area contributed by atoms with Crippen LogP contribution in [0.3, 0.4) is 0 Å². The van der Waals surface area contributed by atoms with Crippen LogP contribution in [0.2, 0.25) is 5.32 Å². The van der Waals surface area contributed by atoms with E-state index in [1.807, 2.05) is 0 Å². The molecule has 2 rings (SSSR count). The summed E-state index contributed by atoms with van der Waals surface area (Å²) in [5, 5.41) is 1.46. The van der Waals surface area contributed by atoms with Gasteiger partial charge < -0.3 is 0 Å². The topological polar surface area (TPSA) is 0 Å². The summed E-state index contributed by atoms with van der Waals surface area (Å²) >= 11 is 4.54. The average molecular weight is 470 g/mol. The van der Waals surface area contributed by atoms with Crippen molar-refractivity contribution >= 4 is 33.8 Å². The van der Waals surface area contributed by atoms with Gasteiger partial charge in [-0.3, -0.25) is 0 Å². The monoisotopic (exact) mass is 472 g/mol. The van der Waals surface area contributed by atoms with Crippen molar-refractivity contribution in [3.8, 4) is 0 Å². The second-order valence-electron chi connectivity index (χ2n) is 6.27. The number of aryl methyl sites for hydroxylation is 2. The van der Waals surface area contributed by atoms with Crippen molar-refractivity contribution in [2.75, 3.05) is 12.3 Å². The van der Waals surface area contributed by atoms with E-state index in [0.717, 1.165) is 14.5 Å². The van der Waals surface area contributed by atoms with Crippen molar-refractivity contribution in [3.05, 3.63) is 71.8 Å². The summed E-state index contributed by atoms with van der Waals surface area (Å²) in [7, 11) is 0. The molecule has 24 heavy (non-hydrogen) atoms. The fraction of sp³-hybridized carbons (Fsp3) is 0.429. The van der Waals surface area contributed by atoms with E-state index >= 15 is 0 Å². The van der Waals surface area contributed by atoms with E-state index in [1.54, 1.807) is 0 Å². The second kappa shape index (κ2) is 11.5. The van der Waals surface area contributed by atoms with Crippen LogP contribution in [0.25, 0.3) is 0 Å². The molecule has 0 spiro atoms. The summed E-state index contributed by atoms with van der Waals surface area (Å²) in [5.74, 6) is 0. The van der Waals surface area contributed by atoms with E-state index in [0.29, 0.717) is 0 Å². The molecular formula is C21H29PSe2. The first-order valence-electron chi connectivity index (χ1n) is 9.02. The normalized spacial score (nSPS) is 11.5. The van der Waals surface area contributed by atoms with E-state index in [4.69, 9.17) is 0 Å². The molecule has 0 atom stereocenters. The molecule has 0 amide bonds. The molecule has 0 aliphatic heterocycles. The quantitative estimate of drug-likeness (QED) is 0.221. The number of hydrogen-bond donors (Lipinski definition) is 0. The van der Waals surface area contributed by atoms with Crippen molar-refractivity contribution in [1.29, 1.82) is 0 Å². The molecule has 2 aromatic rings. The molecule has 130 valence electrons. The van der Waals surface area contributed by atoms with Crippen LogP contribution in [-0.2, 0) is 12.8 Å². The Hall–Kier alpha value is -0.0910. The Morgan fingerprint density at radius 3 is 1.75 bits per heavy atom. The number of rotatable bonds is 11. The molecular weight excluding hydrogens is 441 g/mol. The SMILES string of the molecule is CCCCC[Se]P(=[Se])(CCc1ccccc1)CCc1ccccc1. The van der Waals surface area contributed by atoms with Crippen LogP contribution < -0.4 is 0 Å². The van der Waals surface area contributed by atoms with E-state index < -0.39 is 4.20 Å². The molecule has 0 aliphatic rings. The third-order valence-corrected chi connectivity index (χ3v) is 19.5. The molecule has 0 heterocycles. The zero-order chi connectivity index (χ0) is 17.1. The van der Waals surface area contributed by atoms with Gasteiger partial charge in [-0.25, -0.2) is 0 Å². The Bertz CT molecular complexity index is 563. The van der Waals surface area contributed by atoms with Crippen LogP contribution in [0.5, 0.6) is 0 Å². The van der Waals surface area contributed by atoms with Gasteiger partial charge in [0.1, 0.15) is 0 Å². The zero-order valence-electron chi connectivity index (χ0n) is 14.7. The third-order valence-electron chi connectivity index (χ3n) is 4.24. The van der Waals surface area contributed by atoms with Crippen molar-refractivity contribution in [2.45, 2.75) is 44.3 Å². The van der Waals surface area contributed by atoms with Crippen LogP contribution in [0.4, 0.5) is 0 Å². The van der Waals surface area contributed by atoms with Gasteiger partial charge in [0.25, 0.3) is 0 Å². The predicted molar refractivity (Wildman–Crippen MR) is 113 cm³/mol. The molecule has 3 heteroatoms. The van der Waals surface area contributed by atoms with E-state index in [-0.39, 0.29) is 0 Å². The first-order chi connectivity index (χ1) is 11.7. The third kappa shape index (κ3) is 7.86. The standard InChI is InChI=1S/C21H29PSe2/c1-2-3-10-19-24-22(23,17-15-20-11-6-4-7-12-20)18-16-21-13-8-5-9-14-21/h4-9,11-14H,2-3,10,15-19H2,1H3. The summed E-state index contributed by atoms with van der Waals surface area (Å²) in [4.78, 5) is 0. The van der Waals surface area contributed by atoms with Crippen LogP contribution >= 0.6 is 4.20 Å². The van der Waals surface area contributed by atoms with Crippen molar-refractivity contribution in [2.24, 2.45) is 0 Å². The Balaban J connectivity index is 1.93. The maximum absolute atomic E-state index is 3.75. The van der Waals surface area contributed by atoms with Gasteiger partial charge >= 0.3 is 162 Å². The van der Waals surface area contributed by atoms with Gasteiger partial charge in [0, 0.05) is 0 Å². The van der Waals surface area contributed by atoms with Gasteiger partial charge in [0.15, 0.2) is 0 Å². The minimum atomic E-state index is -0.903. The Kier molecular flexibility index (Phi) is 9.70. The first kappa shape index (κ1) is 20.2. The fourth-order valence-corrected chi connectivity index (χ4v) is 14.5. The molecule has 0 radical (unpaired) electrons. The summed E-state index contributed by atoms with van der Waals surface area (Å²) in [5.41, 5.74) is 3.00. The molecule has 0 N–H and O–H groups in total.